The predicted octanol–water partition coefficient (Wildman–Crippen LogP) is 6.01. The number of fused-ring (bicyclic) bond motifs is 4. The summed E-state index contributed by atoms with van der Waals surface area (Å²) in [5.41, 5.74) is 4.22. The van der Waals surface area contributed by atoms with Crippen LogP contribution in [-0.2, 0) is 10.0 Å². The first kappa shape index (κ1) is 33.2. The van der Waals surface area contributed by atoms with Crippen molar-refractivity contribution in [1.29, 1.82) is 0 Å². The third kappa shape index (κ3) is 7.13. The Morgan fingerprint density at radius 3 is 2.40 bits per heavy atom. The van der Waals surface area contributed by atoms with E-state index in [1.807, 2.05) is 36.9 Å². The number of aromatic nitrogens is 2. The van der Waals surface area contributed by atoms with E-state index in [9.17, 15) is 13.2 Å². The number of carbonyl (C=O) groups is 1. The van der Waals surface area contributed by atoms with E-state index in [-0.39, 0.29) is 47.7 Å². The van der Waals surface area contributed by atoms with Gasteiger partial charge in [0.05, 0.1) is 16.6 Å². The molecular formula is C34H44ClN5O4S. The summed E-state index contributed by atoms with van der Waals surface area (Å²) in [7, 11) is -4.09. The van der Waals surface area contributed by atoms with Crippen molar-refractivity contribution in [2.45, 2.75) is 70.7 Å². The lowest BCUT2D eigenvalue weighted by Crippen LogP contribution is -2.52. The van der Waals surface area contributed by atoms with Crippen molar-refractivity contribution in [3.05, 3.63) is 65.2 Å². The van der Waals surface area contributed by atoms with Crippen molar-refractivity contribution in [1.82, 2.24) is 20.2 Å². The highest BCUT2D eigenvalue weighted by atomic mass is 35.5. The van der Waals surface area contributed by atoms with E-state index in [0.29, 0.717) is 35.1 Å². The fraction of sp³-hybridized carbons (Fsp3) is 0.500. The van der Waals surface area contributed by atoms with Crippen LogP contribution in [0.15, 0.2) is 53.4 Å². The summed E-state index contributed by atoms with van der Waals surface area (Å²) in [6, 6.07) is 13.8. The third-order valence-electron chi connectivity index (χ3n) is 9.49. The Labute approximate surface area is 273 Å². The molecule has 45 heavy (non-hydrogen) atoms. The van der Waals surface area contributed by atoms with E-state index < -0.39 is 10.0 Å². The van der Waals surface area contributed by atoms with Crippen LogP contribution in [-0.4, -0.2) is 61.5 Å². The Bertz CT molecular complexity index is 1630. The molecule has 1 saturated carbocycles. The van der Waals surface area contributed by atoms with Crippen molar-refractivity contribution in [2.75, 3.05) is 31.0 Å². The number of halogens is 1. The molecule has 2 N–H and O–H groups in total. The summed E-state index contributed by atoms with van der Waals surface area (Å²) < 4.78 is 36.1. The second kappa shape index (κ2) is 13.3. The molecule has 1 spiro atoms. The number of carbonyl (C=O) groups excluding carboxylic acids is 1. The number of anilines is 1. The van der Waals surface area contributed by atoms with Crippen LogP contribution in [0.4, 0.5) is 5.95 Å². The molecule has 2 aliphatic heterocycles. The Kier molecular flexibility index (Phi) is 9.77. The van der Waals surface area contributed by atoms with Gasteiger partial charge in [0.15, 0.2) is 0 Å². The number of hydrogen-bond acceptors (Lipinski definition) is 7. The summed E-state index contributed by atoms with van der Waals surface area (Å²) in [5, 5.41) is 3.47. The number of sulfonamides is 1. The topological polar surface area (TPSA) is 114 Å². The number of nitrogens with zero attached hydrogens (tertiary/aromatic N) is 3. The fourth-order valence-corrected chi connectivity index (χ4v) is 8.37. The lowest BCUT2D eigenvalue weighted by atomic mass is 9.57. The summed E-state index contributed by atoms with van der Waals surface area (Å²) in [4.78, 5) is 25.3. The molecule has 1 aliphatic carbocycles. The van der Waals surface area contributed by atoms with Gasteiger partial charge in [0.2, 0.25) is 11.8 Å². The average molecular weight is 654 g/mol. The Morgan fingerprint density at radius 1 is 1.02 bits per heavy atom. The van der Waals surface area contributed by atoms with Gasteiger partial charge in [-0.1, -0.05) is 38.1 Å². The number of piperidine rings is 1. The first-order chi connectivity index (χ1) is 21.0. The molecular weight excluding hydrogens is 610 g/mol. The molecule has 2 aromatic carbocycles. The maximum Gasteiger partial charge on any atom is 0.264 e. The molecule has 1 amide bonds. The molecule has 1 aromatic heterocycles. The molecule has 242 valence electrons. The van der Waals surface area contributed by atoms with Crippen LogP contribution in [0.1, 0.15) is 67.4 Å². The van der Waals surface area contributed by atoms with Crippen molar-refractivity contribution < 1.29 is 17.9 Å². The van der Waals surface area contributed by atoms with Crippen LogP contribution in [0.3, 0.4) is 0 Å². The van der Waals surface area contributed by atoms with E-state index in [0.717, 1.165) is 49.0 Å². The van der Waals surface area contributed by atoms with E-state index in [1.54, 1.807) is 18.2 Å². The highest BCUT2D eigenvalue weighted by molar-refractivity contribution is 7.92. The summed E-state index contributed by atoms with van der Waals surface area (Å²) in [6.07, 6.45) is 5.33. The fourth-order valence-electron chi connectivity index (χ4n) is 7.38. The minimum atomic E-state index is -4.09. The first-order valence-electron chi connectivity index (χ1n) is 15.7. The summed E-state index contributed by atoms with van der Waals surface area (Å²) >= 11 is 0. The number of aryl methyl sites for hydroxylation is 2. The Morgan fingerprint density at radius 2 is 1.71 bits per heavy atom. The van der Waals surface area contributed by atoms with Gasteiger partial charge in [0, 0.05) is 23.7 Å². The zero-order valence-electron chi connectivity index (χ0n) is 26.5. The molecule has 11 heteroatoms. The molecule has 1 saturated heterocycles. The summed E-state index contributed by atoms with van der Waals surface area (Å²) in [6.45, 7) is 11.3. The summed E-state index contributed by atoms with van der Waals surface area (Å²) in [5.74, 6) is 0.731. The number of ether oxygens (including phenoxy) is 1. The van der Waals surface area contributed by atoms with Crippen LogP contribution in [0.25, 0.3) is 11.3 Å². The Balaban J connectivity index is 0.00000400. The standard InChI is InChI=1S/C34H43N5O4S.ClH/c1-22(2)15-27-21-43-30-17-29(31-23(3)7-5-8-24(31)4)36-33(37-30)38-44(41,42)28-10-6-9-26(16-28)32(40)39(27)20-25-18-34(19-25)11-13-35-14-12-34;/h5-10,16-17,22,25,27,35H,11-15,18-21H2,1-4H3,(H,36,37,38);1H/t27-;/m1./s1. The average Bonchev–Trinajstić information content (AvgIpc) is 2.96. The van der Waals surface area contributed by atoms with Crippen molar-refractivity contribution in [3.8, 4) is 17.1 Å². The number of rotatable bonds is 5. The molecule has 3 heterocycles. The van der Waals surface area contributed by atoms with Gasteiger partial charge in [-0.3, -0.25) is 4.79 Å². The number of hydrogen-bond donors (Lipinski definition) is 2. The lowest BCUT2D eigenvalue weighted by Gasteiger charge is -2.52. The number of amides is 1. The van der Waals surface area contributed by atoms with Gasteiger partial charge < -0.3 is 15.0 Å². The van der Waals surface area contributed by atoms with Gasteiger partial charge in [-0.15, -0.1) is 12.4 Å². The molecule has 2 fully saturated rings. The van der Waals surface area contributed by atoms with Gasteiger partial charge in [0.25, 0.3) is 15.9 Å². The van der Waals surface area contributed by atoms with Crippen LogP contribution < -0.4 is 14.8 Å². The molecule has 3 aliphatic rings. The monoisotopic (exact) mass is 653 g/mol. The van der Waals surface area contributed by atoms with Gasteiger partial charge in [-0.05, 0) is 106 Å². The molecule has 1 atom stereocenters. The van der Waals surface area contributed by atoms with Gasteiger partial charge in [-0.25, -0.2) is 18.1 Å². The van der Waals surface area contributed by atoms with E-state index in [1.165, 1.54) is 25.0 Å². The quantitative estimate of drug-likeness (QED) is 0.347. The van der Waals surface area contributed by atoms with Crippen molar-refractivity contribution in [2.24, 2.45) is 17.3 Å². The highest BCUT2D eigenvalue weighted by Gasteiger charge is 2.46. The minimum absolute atomic E-state index is 0. The highest BCUT2D eigenvalue weighted by Crippen LogP contribution is 2.52. The molecule has 6 rings (SSSR count). The number of nitrogens with one attached hydrogen (secondary N) is 2. The third-order valence-corrected chi connectivity index (χ3v) is 10.8. The van der Waals surface area contributed by atoms with Gasteiger partial charge in [0.1, 0.15) is 6.61 Å². The second-order valence-corrected chi connectivity index (χ2v) is 15.1. The molecule has 0 unspecified atom stereocenters. The minimum Gasteiger partial charge on any atom is -0.475 e. The normalized spacial score (nSPS) is 21.0. The van der Waals surface area contributed by atoms with Crippen LogP contribution in [0.5, 0.6) is 5.88 Å². The molecule has 3 aromatic rings. The molecule has 0 radical (unpaired) electrons. The van der Waals surface area contributed by atoms with Gasteiger partial charge >= 0.3 is 0 Å². The zero-order valence-corrected chi connectivity index (χ0v) is 28.1. The van der Waals surface area contributed by atoms with Crippen molar-refractivity contribution in [3.63, 3.8) is 0 Å². The predicted molar refractivity (Wildman–Crippen MR) is 178 cm³/mol. The van der Waals surface area contributed by atoms with Crippen LogP contribution >= 0.6 is 12.4 Å². The first-order valence-corrected chi connectivity index (χ1v) is 17.2. The smallest absolute Gasteiger partial charge is 0.264 e. The SMILES string of the molecule is Cc1cccc(C)c1-c1cc2nc(n1)NS(=O)(=O)c1cccc(c1)C(=O)N(CC1CC3(CCNCC3)C1)[C@H](CC(C)C)CO2.Cl. The second-order valence-electron chi connectivity index (χ2n) is 13.4. The van der Waals surface area contributed by atoms with E-state index in [2.05, 4.69) is 33.9 Å². The Hall–Kier alpha value is -3.21. The molecule has 9 nitrogen and oxygen atoms in total. The molecule has 4 bridgehead atoms. The van der Waals surface area contributed by atoms with E-state index >= 15 is 0 Å². The van der Waals surface area contributed by atoms with Crippen LogP contribution in [0.2, 0.25) is 0 Å². The van der Waals surface area contributed by atoms with Crippen molar-refractivity contribution >= 4 is 34.3 Å². The van der Waals surface area contributed by atoms with E-state index in [4.69, 9.17) is 4.74 Å². The maximum atomic E-state index is 14.3. The maximum absolute atomic E-state index is 14.3. The number of benzene rings is 2. The largest absolute Gasteiger partial charge is 0.475 e. The lowest BCUT2D eigenvalue weighted by molar-refractivity contribution is -0.00807. The van der Waals surface area contributed by atoms with Gasteiger partial charge in [-0.2, -0.15) is 4.98 Å². The van der Waals surface area contributed by atoms with Crippen LogP contribution in [0, 0.1) is 31.1 Å². The zero-order chi connectivity index (χ0) is 31.1.